The van der Waals surface area contributed by atoms with Gasteiger partial charge in [-0.2, -0.15) is 0 Å². The Morgan fingerprint density at radius 3 is 1.26 bits per heavy atom. The molecule has 10 heteroatoms. The summed E-state index contributed by atoms with van der Waals surface area (Å²) in [5.74, 6) is -0.549. The van der Waals surface area contributed by atoms with Gasteiger partial charge in [-0.15, -0.1) is 0 Å². The zero-order valence-electron chi connectivity index (χ0n) is 49.7. The van der Waals surface area contributed by atoms with Gasteiger partial charge >= 0.3 is 13.8 Å². The van der Waals surface area contributed by atoms with E-state index in [0.717, 1.165) is 128 Å². The summed E-state index contributed by atoms with van der Waals surface area (Å²) in [6, 6.07) is -0.871. The summed E-state index contributed by atoms with van der Waals surface area (Å²) in [5.41, 5.74) is 0. The molecule has 3 unspecified atom stereocenters. The van der Waals surface area contributed by atoms with Gasteiger partial charge in [0.1, 0.15) is 19.3 Å². The average Bonchev–Trinajstić information content (AvgIpc) is 3.38. The number of likely N-dealkylation sites (N-methyl/N-ethyl adjacent to an activating group) is 1. The van der Waals surface area contributed by atoms with Gasteiger partial charge in [0, 0.05) is 12.8 Å². The van der Waals surface area contributed by atoms with Crippen molar-refractivity contribution in [2.45, 2.75) is 258 Å². The van der Waals surface area contributed by atoms with Gasteiger partial charge in [-0.05, 0) is 109 Å². The second-order valence-corrected chi connectivity index (χ2v) is 22.9. The lowest BCUT2D eigenvalue weighted by atomic mass is 10.0. The van der Waals surface area contributed by atoms with E-state index in [-0.39, 0.29) is 31.5 Å². The number of carbonyl (C=O) groups excluding carboxylic acids is 2. The fraction of sp³-hybridized carbons (Fsp3) is 0.697. The number of quaternary nitrogens is 1. The highest BCUT2D eigenvalue weighted by Gasteiger charge is 2.30. The number of unbranched alkanes of at least 4 members (excludes halogenated alkanes) is 22. The average molecular weight is 1080 g/mol. The van der Waals surface area contributed by atoms with Crippen molar-refractivity contribution in [3.8, 4) is 0 Å². The number of phosphoric ester groups is 1. The summed E-state index contributed by atoms with van der Waals surface area (Å²) < 4.78 is 30.7. The summed E-state index contributed by atoms with van der Waals surface area (Å²) in [5, 5.41) is 3.04. The number of rotatable bonds is 54. The first-order valence-corrected chi connectivity index (χ1v) is 32.2. The number of carbonyl (C=O) groups is 2. The number of ether oxygens (including phenoxy) is 1. The molecule has 9 nitrogen and oxygen atoms in total. The summed E-state index contributed by atoms with van der Waals surface area (Å²) in [7, 11) is 1.46. The third-order valence-corrected chi connectivity index (χ3v) is 13.9. The standard InChI is InChI=1S/C66H115N2O7P/c1-7-10-13-16-19-22-25-28-30-31-32-33-34-35-36-37-38-41-44-47-50-53-56-59-66(70)75-64(57-54-51-48-45-42-39-27-24-21-18-15-12-9-3)63(62-74-76(71,72)73-61-60-68(4,5)6)67-65(69)58-55-52-49-46-43-40-29-26-23-20-17-14-11-8-2/h10-11,13-14,19-20,22-23,28-30,32-33,35-36,40,54,57,63-64H,7-9,12,15-18,21,24-27,31,34,37-39,41-53,55-56,58-62H2,1-6H3,(H-,67,69,71,72)/p+1/b13-10-,14-11+,22-19-,23-20+,30-28-,33-32-,36-35-,40-29+,57-54-. The number of esters is 1. The van der Waals surface area contributed by atoms with Crippen molar-refractivity contribution in [1.29, 1.82) is 0 Å². The van der Waals surface area contributed by atoms with Crippen molar-refractivity contribution in [3.05, 3.63) is 109 Å². The van der Waals surface area contributed by atoms with Crippen LogP contribution in [0.5, 0.6) is 0 Å². The molecule has 76 heavy (non-hydrogen) atoms. The second kappa shape index (κ2) is 55.0. The molecule has 0 aromatic rings. The third kappa shape index (κ3) is 55.4. The molecule has 0 fully saturated rings. The monoisotopic (exact) mass is 1080 g/mol. The van der Waals surface area contributed by atoms with Crippen molar-refractivity contribution < 1.29 is 37.3 Å². The quantitative estimate of drug-likeness (QED) is 0.0205. The van der Waals surface area contributed by atoms with Crippen molar-refractivity contribution in [2.75, 3.05) is 40.9 Å². The summed E-state index contributed by atoms with van der Waals surface area (Å²) in [6.45, 7) is 6.75. The minimum Gasteiger partial charge on any atom is -0.456 e. The Hall–Kier alpha value is -3.33. The molecule has 0 saturated carbocycles. The van der Waals surface area contributed by atoms with Crippen LogP contribution < -0.4 is 5.32 Å². The number of hydrogen-bond donors (Lipinski definition) is 2. The smallest absolute Gasteiger partial charge is 0.456 e. The molecule has 0 aromatic carbocycles. The molecule has 0 heterocycles. The maximum Gasteiger partial charge on any atom is 0.472 e. The molecule has 436 valence electrons. The zero-order chi connectivity index (χ0) is 55.7. The fourth-order valence-corrected chi connectivity index (χ4v) is 9.01. The molecule has 0 rings (SSSR count). The lowest BCUT2D eigenvalue weighted by Gasteiger charge is -2.27. The minimum absolute atomic E-state index is 0.0282. The highest BCUT2D eigenvalue weighted by molar-refractivity contribution is 7.47. The van der Waals surface area contributed by atoms with E-state index < -0.39 is 20.0 Å². The van der Waals surface area contributed by atoms with Crippen LogP contribution >= 0.6 is 7.82 Å². The fourth-order valence-electron chi connectivity index (χ4n) is 8.27. The highest BCUT2D eigenvalue weighted by Crippen LogP contribution is 2.43. The summed E-state index contributed by atoms with van der Waals surface area (Å²) in [6.07, 6.45) is 75.1. The van der Waals surface area contributed by atoms with Crippen LogP contribution in [0.1, 0.15) is 245 Å². The normalized spacial score (nSPS) is 14.5. The van der Waals surface area contributed by atoms with Crippen LogP contribution in [0.4, 0.5) is 0 Å². The Morgan fingerprint density at radius 2 is 0.842 bits per heavy atom. The maximum absolute atomic E-state index is 13.5. The van der Waals surface area contributed by atoms with E-state index in [2.05, 4.69) is 123 Å². The molecule has 0 aliphatic rings. The Bertz CT molecular complexity index is 1670. The van der Waals surface area contributed by atoms with Gasteiger partial charge in [-0.1, -0.05) is 233 Å². The Kier molecular flexibility index (Phi) is 52.6. The molecule has 0 aromatic heterocycles. The number of amides is 1. The van der Waals surface area contributed by atoms with E-state index in [9.17, 15) is 19.0 Å². The van der Waals surface area contributed by atoms with Crippen LogP contribution in [-0.4, -0.2) is 74.3 Å². The van der Waals surface area contributed by atoms with Crippen LogP contribution in [0, 0.1) is 0 Å². The van der Waals surface area contributed by atoms with E-state index in [0.29, 0.717) is 23.9 Å². The largest absolute Gasteiger partial charge is 0.472 e. The van der Waals surface area contributed by atoms with E-state index in [1.165, 1.54) is 77.0 Å². The topological polar surface area (TPSA) is 111 Å². The van der Waals surface area contributed by atoms with Gasteiger partial charge in [0.05, 0.1) is 33.8 Å². The summed E-state index contributed by atoms with van der Waals surface area (Å²) in [4.78, 5) is 37.7. The van der Waals surface area contributed by atoms with Gasteiger partial charge in [0.15, 0.2) is 0 Å². The molecule has 0 spiro atoms. The molecule has 0 radical (unpaired) electrons. The Morgan fingerprint density at radius 1 is 0.474 bits per heavy atom. The first kappa shape index (κ1) is 72.7. The number of nitrogens with one attached hydrogen (secondary N) is 1. The molecular formula is C66H116N2O7P+. The van der Waals surface area contributed by atoms with Gasteiger partial charge in [0.2, 0.25) is 5.91 Å². The minimum atomic E-state index is -4.46. The molecular weight excluding hydrogens is 964 g/mol. The van der Waals surface area contributed by atoms with E-state index in [4.69, 9.17) is 13.8 Å². The highest BCUT2D eigenvalue weighted by atomic mass is 31.2. The number of nitrogens with zero attached hydrogens (tertiary/aromatic N) is 1. The number of hydrogen-bond acceptors (Lipinski definition) is 6. The van der Waals surface area contributed by atoms with Crippen molar-refractivity contribution >= 4 is 19.7 Å². The van der Waals surface area contributed by atoms with Crippen LogP contribution in [0.2, 0.25) is 0 Å². The Balaban J connectivity index is 5.30. The lowest BCUT2D eigenvalue weighted by Crippen LogP contribution is -2.47. The van der Waals surface area contributed by atoms with Crippen LogP contribution in [0.15, 0.2) is 109 Å². The lowest BCUT2D eigenvalue weighted by molar-refractivity contribution is -0.870. The first-order chi connectivity index (χ1) is 36.9. The van der Waals surface area contributed by atoms with E-state index in [1.54, 1.807) is 0 Å². The van der Waals surface area contributed by atoms with Gasteiger partial charge < -0.3 is 19.4 Å². The van der Waals surface area contributed by atoms with Crippen LogP contribution in [-0.2, 0) is 27.9 Å². The van der Waals surface area contributed by atoms with Crippen LogP contribution in [0.3, 0.4) is 0 Å². The van der Waals surface area contributed by atoms with E-state index in [1.807, 2.05) is 33.3 Å². The molecule has 1 amide bonds. The first-order valence-electron chi connectivity index (χ1n) is 30.7. The molecule has 0 saturated heterocycles. The SMILES string of the molecule is CC/C=C\C/C=C\C/C=C\C/C=C\C/C=C\CCCCCCCCCC(=O)OC(/C=C\CCCCCCCCCCCCC)C(COP(=O)(O)OCC[N+](C)(C)C)NC(=O)CCCCCC/C=C/C/C=C/C/C=C/CC. The Labute approximate surface area is 468 Å². The molecule has 3 atom stereocenters. The predicted molar refractivity (Wildman–Crippen MR) is 327 cm³/mol. The number of allylic oxidation sites excluding steroid dienone is 17. The number of phosphoric acid groups is 1. The zero-order valence-corrected chi connectivity index (χ0v) is 50.6. The summed E-state index contributed by atoms with van der Waals surface area (Å²) >= 11 is 0. The molecule has 2 N–H and O–H groups in total. The third-order valence-electron chi connectivity index (χ3n) is 13.0. The predicted octanol–water partition coefficient (Wildman–Crippen LogP) is 18.9. The van der Waals surface area contributed by atoms with Crippen molar-refractivity contribution in [3.63, 3.8) is 0 Å². The van der Waals surface area contributed by atoms with Crippen LogP contribution in [0.25, 0.3) is 0 Å². The van der Waals surface area contributed by atoms with Crippen molar-refractivity contribution in [1.82, 2.24) is 5.32 Å². The van der Waals surface area contributed by atoms with Crippen molar-refractivity contribution in [2.24, 2.45) is 0 Å². The second-order valence-electron chi connectivity index (χ2n) is 21.5. The van der Waals surface area contributed by atoms with Gasteiger partial charge in [-0.25, -0.2) is 4.57 Å². The molecule has 0 bridgehead atoms. The molecule has 0 aliphatic carbocycles. The van der Waals surface area contributed by atoms with Gasteiger partial charge in [0.25, 0.3) is 0 Å². The van der Waals surface area contributed by atoms with Gasteiger partial charge in [-0.3, -0.25) is 18.6 Å². The maximum atomic E-state index is 13.5. The molecule has 0 aliphatic heterocycles. The van der Waals surface area contributed by atoms with E-state index >= 15 is 0 Å².